The minimum atomic E-state index is -0.132. The lowest BCUT2D eigenvalue weighted by Crippen LogP contribution is -2.29. The van der Waals surface area contributed by atoms with Crippen LogP contribution in [-0.4, -0.2) is 23.8 Å². The van der Waals surface area contributed by atoms with Crippen LogP contribution in [0, 0.1) is 5.92 Å². The van der Waals surface area contributed by atoms with Gasteiger partial charge in [-0.25, -0.2) is 0 Å². The summed E-state index contributed by atoms with van der Waals surface area (Å²) in [5.74, 6) is 0.723. The maximum atomic E-state index is 9.86. The average molecular weight is 213 g/mol. The summed E-state index contributed by atoms with van der Waals surface area (Å²) >= 11 is 0. The first-order valence-corrected chi connectivity index (χ1v) is 6.67. The van der Waals surface area contributed by atoms with E-state index in [4.69, 9.17) is 0 Å². The van der Waals surface area contributed by atoms with E-state index in [0.717, 1.165) is 24.9 Å². The van der Waals surface area contributed by atoms with Crippen molar-refractivity contribution in [2.24, 2.45) is 5.92 Å². The van der Waals surface area contributed by atoms with Gasteiger partial charge in [0.1, 0.15) is 0 Å². The largest absolute Gasteiger partial charge is 0.392 e. The summed E-state index contributed by atoms with van der Waals surface area (Å²) in [4.78, 5) is 0. The molecule has 90 valence electrons. The minimum absolute atomic E-state index is 0.132. The van der Waals surface area contributed by atoms with Crippen LogP contribution >= 0.6 is 0 Å². The molecule has 0 bridgehead atoms. The molecular formula is C13H27NO. The Kier molecular flexibility index (Phi) is 6.26. The van der Waals surface area contributed by atoms with Crippen molar-refractivity contribution < 1.29 is 5.11 Å². The van der Waals surface area contributed by atoms with Gasteiger partial charge in [0.15, 0.2) is 0 Å². The molecule has 0 spiro atoms. The van der Waals surface area contributed by atoms with Crippen molar-refractivity contribution in [2.45, 2.75) is 70.9 Å². The molecule has 0 saturated heterocycles. The van der Waals surface area contributed by atoms with Crippen molar-refractivity contribution in [1.82, 2.24) is 5.32 Å². The maximum absolute atomic E-state index is 9.86. The number of hydrogen-bond acceptors (Lipinski definition) is 2. The third-order valence-electron chi connectivity index (χ3n) is 3.37. The van der Waals surface area contributed by atoms with E-state index in [1.807, 2.05) is 0 Å². The topological polar surface area (TPSA) is 32.3 Å². The molecule has 2 N–H and O–H groups in total. The number of nitrogens with one attached hydrogen (secondary N) is 1. The molecule has 2 heteroatoms. The Bertz CT molecular complexity index is 157. The van der Waals surface area contributed by atoms with Crippen molar-refractivity contribution in [2.75, 3.05) is 6.54 Å². The molecule has 1 fully saturated rings. The summed E-state index contributed by atoms with van der Waals surface area (Å²) < 4.78 is 0. The highest BCUT2D eigenvalue weighted by atomic mass is 16.3. The van der Waals surface area contributed by atoms with Crippen LogP contribution in [-0.2, 0) is 0 Å². The van der Waals surface area contributed by atoms with E-state index in [1.165, 1.54) is 38.5 Å². The molecule has 0 aromatic rings. The fourth-order valence-corrected chi connectivity index (χ4v) is 2.04. The van der Waals surface area contributed by atoms with E-state index >= 15 is 0 Å². The number of aliphatic hydroxyl groups is 1. The van der Waals surface area contributed by atoms with Crippen LogP contribution in [0.2, 0.25) is 0 Å². The molecule has 2 nitrogen and oxygen atoms in total. The normalized spacial score (nSPS) is 20.2. The van der Waals surface area contributed by atoms with Gasteiger partial charge in [-0.15, -0.1) is 0 Å². The van der Waals surface area contributed by atoms with Crippen molar-refractivity contribution in [3.63, 3.8) is 0 Å². The molecule has 0 radical (unpaired) electrons. The third kappa shape index (κ3) is 6.16. The van der Waals surface area contributed by atoms with Gasteiger partial charge in [0.25, 0.3) is 0 Å². The Morgan fingerprint density at radius 1 is 1.33 bits per heavy atom. The van der Waals surface area contributed by atoms with E-state index in [-0.39, 0.29) is 6.10 Å². The monoisotopic (exact) mass is 213 g/mol. The van der Waals surface area contributed by atoms with Gasteiger partial charge in [-0.1, -0.05) is 39.5 Å². The SMILES string of the molecule is CCCCC(CC)CC(O)CNC1CC1. The lowest BCUT2D eigenvalue weighted by molar-refractivity contribution is 0.135. The molecule has 2 unspecified atom stereocenters. The lowest BCUT2D eigenvalue weighted by atomic mass is 9.93. The van der Waals surface area contributed by atoms with Crippen LogP contribution in [0.25, 0.3) is 0 Å². The zero-order valence-electron chi connectivity index (χ0n) is 10.3. The summed E-state index contributed by atoms with van der Waals surface area (Å²) in [5.41, 5.74) is 0. The minimum Gasteiger partial charge on any atom is -0.392 e. The van der Waals surface area contributed by atoms with E-state index < -0.39 is 0 Å². The van der Waals surface area contributed by atoms with Crippen LogP contribution in [0.4, 0.5) is 0 Å². The molecule has 0 aromatic carbocycles. The molecule has 0 aromatic heterocycles. The molecule has 0 aliphatic heterocycles. The van der Waals surface area contributed by atoms with Crippen molar-refractivity contribution in [1.29, 1.82) is 0 Å². The fourth-order valence-electron chi connectivity index (χ4n) is 2.04. The van der Waals surface area contributed by atoms with E-state index in [0.29, 0.717) is 0 Å². The Balaban J connectivity index is 2.05. The highest BCUT2D eigenvalue weighted by Crippen LogP contribution is 2.20. The molecule has 0 heterocycles. The molecule has 0 amide bonds. The molecule has 1 aliphatic carbocycles. The predicted octanol–water partition coefficient (Wildman–Crippen LogP) is 2.71. The van der Waals surface area contributed by atoms with Gasteiger partial charge in [-0.05, 0) is 25.2 Å². The summed E-state index contributed by atoms with van der Waals surface area (Å²) in [6.45, 7) is 5.27. The molecule has 1 rings (SSSR count). The quantitative estimate of drug-likeness (QED) is 0.617. The maximum Gasteiger partial charge on any atom is 0.0667 e. The van der Waals surface area contributed by atoms with E-state index in [1.54, 1.807) is 0 Å². The third-order valence-corrected chi connectivity index (χ3v) is 3.37. The first-order valence-electron chi connectivity index (χ1n) is 6.67. The van der Waals surface area contributed by atoms with E-state index in [2.05, 4.69) is 19.2 Å². The Labute approximate surface area is 94.5 Å². The van der Waals surface area contributed by atoms with Gasteiger partial charge >= 0.3 is 0 Å². The second-order valence-electron chi connectivity index (χ2n) is 4.99. The zero-order valence-corrected chi connectivity index (χ0v) is 10.3. The van der Waals surface area contributed by atoms with Crippen molar-refractivity contribution in [3.05, 3.63) is 0 Å². The van der Waals surface area contributed by atoms with Gasteiger partial charge < -0.3 is 10.4 Å². The fraction of sp³-hybridized carbons (Fsp3) is 1.00. The van der Waals surface area contributed by atoms with Gasteiger partial charge in [0, 0.05) is 12.6 Å². The molecular weight excluding hydrogens is 186 g/mol. The van der Waals surface area contributed by atoms with Crippen LogP contribution in [0.3, 0.4) is 0 Å². The summed E-state index contributed by atoms with van der Waals surface area (Å²) in [6, 6.07) is 0.718. The van der Waals surface area contributed by atoms with Gasteiger partial charge in [0.2, 0.25) is 0 Å². The average Bonchev–Trinajstić information content (AvgIpc) is 3.05. The first-order chi connectivity index (χ1) is 7.26. The number of rotatable bonds is 9. The summed E-state index contributed by atoms with van der Waals surface area (Å²) in [7, 11) is 0. The van der Waals surface area contributed by atoms with Crippen molar-refractivity contribution in [3.8, 4) is 0 Å². The van der Waals surface area contributed by atoms with Crippen LogP contribution in [0.1, 0.15) is 58.8 Å². The Hall–Kier alpha value is -0.0800. The second kappa shape index (κ2) is 7.24. The number of aliphatic hydroxyl groups excluding tert-OH is 1. The van der Waals surface area contributed by atoms with Crippen LogP contribution in [0.5, 0.6) is 0 Å². The summed E-state index contributed by atoms with van der Waals surface area (Å²) in [5, 5.41) is 13.3. The molecule has 1 aliphatic rings. The smallest absolute Gasteiger partial charge is 0.0667 e. The number of hydrogen-bond donors (Lipinski definition) is 2. The second-order valence-corrected chi connectivity index (χ2v) is 4.99. The predicted molar refractivity (Wildman–Crippen MR) is 65.0 cm³/mol. The summed E-state index contributed by atoms with van der Waals surface area (Å²) in [6.07, 6.45) is 8.53. The van der Waals surface area contributed by atoms with Crippen LogP contribution in [0.15, 0.2) is 0 Å². The molecule has 1 saturated carbocycles. The molecule has 15 heavy (non-hydrogen) atoms. The van der Waals surface area contributed by atoms with Crippen molar-refractivity contribution >= 4 is 0 Å². The van der Waals surface area contributed by atoms with Gasteiger partial charge in [0.05, 0.1) is 6.10 Å². The first kappa shape index (κ1) is 13.0. The van der Waals surface area contributed by atoms with Crippen LogP contribution < -0.4 is 5.32 Å². The standard InChI is InChI=1S/C13H27NO/c1-3-5-6-11(4-2)9-13(15)10-14-12-7-8-12/h11-15H,3-10H2,1-2H3. The Morgan fingerprint density at radius 3 is 2.60 bits per heavy atom. The molecule has 2 atom stereocenters. The highest BCUT2D eigenvalue weighted by molar-refractivity contribution is 4.82. The highest BCUT2D eigenvalue weighted by Gasteiger charge is 2.22. The lowest BCUT2D eigenvalue weighted by Gasteiger charge is -2.19. The van der Waals surface area contributed by atoms with E-state index in [9.17, 15) is 5.11 Å². The van der Waals surface area contributed by atoms with Gasteiger partial charge in [-0.3, -0.25) is 0 Å². The zero-order chi connectivity index (χ0) is 11.1. The Morgan fingerprint density at radius 2 is 2.07 bits per heavy atom. The number of unbranched alkanes of at least 4 members (excludes halogenated alkanes) is 1. The van der Waals surface area contributed by atoms with Gasteiger partial charge in [-0.2, -0.15) is 0 Å².